The van der Waals surface area contributed by atoms with Gasteiger partial charge in [-0.15, -0.1) is 0 Å². The number of rotatable bonds is 3. The molecule has 1 aromatic carbocycles. The van der Waals surface area contributed by atoms with Crippen molar-refractivity contribution in [2.45, 2.75) is 26.9 Å². The highest BCUT2D eigenvalue weighted by Gasteiger charge is 2.31. The van der Waals surface area contributed by atoms with Gasteiger partial charge in [0.05, 0.1) is 5.56 Å². The van der Waals surface area contributed by atoms with Crippen LogP contribution in [0.15, 0.2) is 22.7 Å². The number of ether oxygens (including phenoxy) is 1. The van der Waals surface area contributed by atoms with Crippen LogP contribution in [0.4, 0.5) is 0 Å². The van der Waals surface area contributed by atoms with Crippen LogP contribution in [0.2, 0.25) is 5.02 Å². The Morgan fingerprint density at radius 1 is 1.35 bits per heavy atom. The van der Waals surface area contributed by atoms with Crippen LogP contribution < -0.4 is 0 Å². The highest BCUT2D eigenvalue weighted by molar-refractivity contribution is 6.30. The Labute approximate surface area is 122 Å². The van der Waals surface area contributed by atoms with E-state index < -0.39 is 0 Å². The molecular formula is C14H17ClN2O3. The summed E-state index contributed by atoms with van der Waals surface area (Å²) in [7, 11) is 1.60. The fourth-order valence-electron chi connectivity index (χ4n) is 1.98. The summed E-state index contributed by atoms with van der Waals surface area (Å²) in [5.41, 5.74) is 0.228. The summed E-state index contributed by atoms with van der Waals surface area (Å²) in [5.74, 6) is 0.690. The van der Waals surface area contributed by atoms with E-state index in [-0.39, 0.29) is 23.2 Å². The van der Waals surface area contributed by atoms with E-state index >= 15 is 0 Å². The van der Waals surface area contributed by atoms with Crippen LogP contribution in [0.25, 0.3) is 11.5 Å². The minimum Gasteiger partial charge on any atom is -0.507 e. The zero-order valence-corrected chi connectivity index (χ0v) is 12.6. The molecule has 0 aliphatic carbocycles. The second kappa shape index (κ2) is 5.42. The van der Waals surface area contributed by atoms with E-state index in [1.54, 1.807) is 19.2 Å². The Morgan fingerprint density at radius 2 is 2.05 bits per heavy atom. The molecule has 0 radical (unpaired) electrons. The van der Waals surface area contributed by atoms with Gasteiger partial charge in [-0.3, -0.25) is 0 Å². The molecule has 0 fully saturated rings. The van der Waals surface area contributed by atoms with Crippen LogP contribution in [-0.4, -0.2) is 22.4 Å². The summed E-state index contributed by atoms with van der Waals surface area (Å²) in [6, 6.07) is 4.65. The largest absolute Gasteiger partial charge is 0.507 e. The summed E-state index contributed by atoms with van der Waals surface area (Å²) in [6.07, 6.45) is -0.304. The quantitative estimate of drug-likeness (QED) is 0.932. The Hall–Kier alpha value is -1.59. The minimum atomic E-state index is -0.304. The van der Waals surface area contributed by atoms with Crippen LogP contribution in [-0.2, 0) is 4.74 Å². The minimum absolute atomic E-state index is 0.0364. The predicted molar refractivity (Wildman–Crippen MR) is 75.6 cm³/mol. The normalized spacial score (nSPS) is 13.4. The number of aromatic nitrogens is 2. The smallest absolute Gasteiger partial charge is 0.261 e. The maximum absolute atomic E-state index is 9.84. The maximum Gasteiger partial charge on any atom is 0.261 e. The van der Waals surface area contributed by atoms with Crippen molar-refractivity contribution < 1.29 is 14.4 Å². The molecule has 0 spiro atoms. The molecule has 0 bridgehead atoms. The maximum atomic E-state index is 9.84. The zero-order valence-electron chi connectivity index (χ0n) is 11.8. The van der Waals surface area contributed by atoms with Crippen LogP contribution in [0.5, 0.6) is 5.75 Å². The second-order valence-corrected chi connectivity index (χ2v) is 6.04. The average molecular weight is 297 g/mol. The van der Waals surface area contributed by atoms with Gasteiger partial charge in [-0.25, -0.2) is 0 Å². The standard InChI is InChI=1S/C14H17ClN2O3/c1-14(2,3)11(19-4)12-16-13(20-17-12)9-7-8(15)5-6-10(9)18/h5-7,11,18H,1-4H3. The van der Waals surface area contributed by atoms with Crippen molar-refractivity contribution in [1.82, 2.24) is 10.1 Å². The lowest BCUT2D eigenvalue weighted by Gasteiger charge is -2.26. The van der Waals surface area contributed by atoms with Crippen LogP contribution in [0, 0.1) is 5.41 Å². The molecular weight excluding hydrogens is 280 g/mol. The summed E-state index contributed by atoms with van der Waals surface area (Å²) < 4.78 is 10.6. The zero-order chi connectivity index (χ0) is 14.9. The SMILES string of the molecule is COC(c1noc(-c2cc(Cl)ccc2O)n1)C(C)(C)C. The first-order valence-electron chi connectivity index (χ1n) is 6.18. The summed E-state index contributed by atoms with van der Waals surface area (Å²) in [5, 5.41) is 14.3. The molecule has 1 heterocycles. The molecule has 0 amide bonds. The lowest BCUT2D eigenvalue weighted by atomic mass is 9.88. The number of halogens is 1. The molecule has 2 rings (SSSR count). The van der Waals surface area contributed by atoms with E-state index in [9.17, 15) is 5.11 Å². The predicted octanol–water partition coefficient (Wildman–Crippen LogP) is 3.83. The monoisotopic (exact) mass is 296 g/mol. The van der Waals surface area contributed by atoms with Crippen molar-refractivity contribution in [1.29, 1.82) is 0 Å². The second-order valence-electron chi connectivity index (χ2n) is 5.60. The summed E-state index contributed by atoms with van der Waals surface area (Å²) in [6.45, 7) is 6.07. The van der Waals surface area contributed by atoms with Gasteiger partial charge in [0.25, 0.3) is 5.89 Å². The van der Waals surface area contributed by atoms with Gasteiger partial charge in [0.1, 0.15) is 11.9 Å². The van der Waals surface area contributed by atoms with E-state index in [1.807, 2.05) is 20.8 Å². The summed E-state index contributed by atoms with van der Waals surface area (Å²) in [4.78, 5) is 4.30. The molecule has 6 heteroatoms. The highest BCUT2D eigenvalue weighted by Crippen LogP contribution is 2.36. The van der Waals surface area contributed by atoms with Crippen LogP contribution >= 0.6 is 11.6 Å². The van der Waals surface area contributed by atoms with E-state index in [0.717, 1.165) is 0 Å². The topological polar surface area (TPSA) is 68.4 Å². The molecule has 0 aliphatic heterocycles. The van der Waals surface area contributed by atoms with Crippen LogP contribution in [0.1, 0.15) is 32.7 Å². The van der Waals surface area contributed by atoms with Crippen molar-refractivity contribution in [3.05, 3.63) is 29.0 Å². The Bertz CT molecular complexity index is 605. The molecule has 1 N–H and O–H groups in total. The van der Waals surface area contributed by atoms with Crippen molar-refractivity contribution in [2.75, 3.05) is 7.11 Å². The van der Waals surface area contributed by atoms with Gasteiger partial charge in [-0.2, -0.15) is 4.98 Å². The first-order valence-corrected chi connectivity index (χ1v) is 6.56. The van der Waals surface area contributed by atoms with Gasteiger partial charge in [-0.1, -0.05) is 37.5 Å². The first kappa shape index (κ1) is 14.8. The number of nitrogens with zero attached hydrogens (tertiary/aromatic N) is 2. The number of methoxy groups -OCH3 is 1. The Morgan fingerprint density at radius 3 is 2.65 bits per heavy atom. The lowest BCUT2D eigenvalue weighted by molar-refractivity contribution is 0.00718. The average Bonchev–Trinajstić information content (AvgIpc) is 2.80. The number of phenols is 1. The third-order valence-electron chi connectivity index (χ3n) is 2.89. The lowest BCUT2D eigenvalue weighted by Crippen LogP contribution is -2.21. The van der Waals surface area contributed by atoms with Gasteiger partial charge >= 0.3 is 0 Å². The molecule has 1 atom stereocenters. The number of aromatic hydroxyl groups is 1. The highest BCUT2D eigenvalue weighted by atomic mass is 35.5. The molecule has 1 aromatic heterocycles. The molecule has 0 aliphatic rings. The van der Waals surface area contributed by atoms with Gasteiger partial charge in [0.2, 0.25) is 5.82 Å². The molecule has 0 saturated heterocycles. The van der Waals surface area contributed by atoms with Crippen molar-refractivity contribution in [2.24, 2.45) is 5.41 Å². The fraction of sp³-hybridized carbons (Fsp3) is 0.429. The number of hydrogen-bond acceptors (Lipinski definition) is 5. The molecule has 5 nitrogen and oxygen atoms in total. The van der Waals surface area contributed by atoms with E-state index in [0.29, 0.717) is 16.4 Å². The number of phenolic OH excluding ortho intramolecular Hbond substituents is 1. The molecule has 108 valence electrons. The van der Waals surface area contributed by atoms with E-state index in [1.165, 1.54) is 6.07 Å². The number of benzene rings is 1. The first-order chi connectivity index (χ1) is 9.32. The van der Waals surface area contributed by atoms with Crippen molar-refractivity contribution in [3.8, 4) is 17.2 Å². The van der Waals surface area contributed by atoms with E-state index in [2.05, 4.69) is 10.1 Å². The van der Waals surface area contributed by atoms with E-state index in [4.69, 9.17) is 20.9 Å². The molecule has 20 heavy (non-hydrogen) atoms. The van der Waals surface area contributed by atoms with Gasteiger partial charge in [0.15, 0.2) is 0 Å². The molecule has 1 unspecified atom stereocenters. The van der Waals surface area contributed by atoms with Gasteiger partial charge in [-0.05, 0) is 23.6 Å². The molecule has 2 aromatic rings. The van der Waals surface area contributed by atoms with Crippen molar-refractivity contribution in [3.63, 3.8) is 0 Å². The van der Waals surface area contributed by atoms with Crippen LogP contribution in [0.3, 0.4) is 0 Å². The fourth-order valence-corrected chi connectivity index (χ4v) is 2.15. The molecule has 0 saturated carbocycles. The van der Waals surface area contributed by atoms with Crippen molar-refractivity contribution >= 4 is 11.6 Å². The third-order valence-corrected chi connectivity index (χ3v) is 3.12. The summed E-state index contributed by atoms with van der Waals surface area (Å²) >= 11 is 5.91. The van der Waals surface area contributed by atoms with Gasteiger partial charge in [0, 0.05) is 12.1 Å². The van der Waals surface area contributed by atoms with Gasteiger partial charge < -0.3 is 14.4 Å². The Balaban J connectivity index is 2.40. The Kier molecular flexibility index (Phi) is 4.01. The third kappa shape index (κ3) is 2.94. The number of hydrogen-bond donors (Lipinski definition) is 1.